The molecule has 2 unspecified atom stereocenters. The van der Waals surface area contributed by atoms with E-state index in [4.69, 9.17) is 5.73 Å². The summed E-state index contributed by atoms with van der Waals surface area (Å²) in [6.07, 6.45) is 4.28. The Balaban J connectivity index is 3.56. The Morgan fingerprint density at radius 3 is 2.36 bits per heavy atom. The molecule has 0 aliphatic rings. The minimum Gasteiger partial charge on any atom is -0.392 e. The van der Waals surface area contributed by atoms with Gasteiger partial charge in [-0.2, -0.15) is 0 Å². The van der Waals surface area contributed by atoms with Crippen molar-refractivity contribution in [1.82, 2.24) is 0 Å². The lowest BCUT2D eigenvalue weighted by Gasteiger charge is -2.19. The highest BCUT2D eigenvalue weighted by molar-refractivity contribution is 4.67. The minimum atomic E-state index is -0.286. The highest BCUT2D eigenvalue weighted by Gasteiger charge is 2.14. The zero-order valence-corrected chi connectivity index (χ0v) is 7.71. The fraction of sp³-hybridized carbons (Fsp3) is 1.00. The van der Waals surface area contributed by atoms with Gasteiger partial charge in [-0.1, -0.05) is 33.1 Å². The first-order chi connectivity index (χ1) is 5.26. The maximum absolute atomic E-state index is 9.42. The smallest absolute Gasteiger partial charge is 0.0690 e. The van der Waals surface area contributed by atoms with Crippen LogP contribution in [0.25, 0.3) is 0 Å². The quantitative estimate of drug-likeness (QED) is 0.617. The number of hydrogen-bond donors (Lipinski definition) is 2. The second kappa shape index (κ2) is 6.62. The molecule has 0 amide bonds. The summed E-state index contributed by atoms with van der Waals surface area (Å²) in [5.41, 5.74) is 5.37. The molecule has 3 N–H and O–H groups in total. The van der Waals surface area contributed by atoms with Crippen LogP contribution in [0.5, 0.6) is 0 Å². The number of aliphatic hydroxyl groups is 1. The first-order valence-electron chi connectivity index (χ1n) is 4.64. The second-order valence-corrected chi connectivity index (χ2v) is 3.11. The maximum atomic E-state index is 9.42. The van der Waals surface area contributed by atoms with Gasteiger partial charge in [0.05, 0.1) is 6.10 Å². The number of nitrogens with two attached hydrogens (primary N) is 1. The van der Waals surface area contributed by atoms with E-state index in [9.17, 15) is 5.11 Å². The van der Waals surface area contributed by atoms with Crippen molar-refractivity contribution < 1.29 is 5.11 Å². The van der Waals surface area contributed by atoms with Crippen LogP contribution in [0.1, 0.15) is 39.5 Å². The third kappa shape index (κ3) is 4.38. The molecule has 68 valence electrons. The van der Waals surface area contributed by atoms with E-state index in [-0.39, 0.29) is 6.10 Å². The first-order valence-corrected chi connectivity index (χ1v) is 4.64. The highest BCUT2D eigenvalue weighted by Crippen LogP contribution is 2.15. The summed E-state index contributed by atoms with van der Waals surface area (Å²) in [5, 5.41) is 9.42. The van der Waals surface area contributed by atoms with Crippen molar-refractivity contribution in [3.05, 3.63) is 0 Å². The predicted molar refractivity (Wildman–Crippen MR) is 48.4 cm³/mol. The molecule has 0 radical (unpaired) electrons. The van der Waals surface area contributed by atoms with Crippen molar-refractivity contribution in [2.45, 2.75) is 45.6 Å². The van der Waals surface area contributed by atoms with Crippen LogP contribution < -0.4 is 5.73 Å². The molecule has 2 nitrogen and oxygen atoms in total. The van der Waals surface area contributed by atoms with Crippen molar-refractivity contribution in [3.63, 3.8) is 0 Å². The molecule has 0 heterocycles. The SMILES string of the molecule is CCCCC(CC)C(O)CN. The van der Waals surface area contributed by atoms with Crippen molar-refractivity contribution in [2.75, 3.05) is 6.54 Å². The molecule has 0 rings (SSSR count). The van der Waals surface area contributed by atoms with Crippen molar-refractivity contribution in [3.8, 4) is 0 Å². The summed E-state index contributed by atoms with van der Waals surface area (Å²) < 4.78 is 0. The molecule has 0 aliphatic carbocycles. The monoisotopic (exact) mass is 159 g/mol. The van der Waals surface area contributed by atoms with Gasteiger partial charge in [0.2, 0.25) is 0 Å². The van der Waals surface area contributed by atoms with Crippen molar-refractivity contribution in [2.24, 2.45) is 11.7 Å². The van der Waals surface area contributed by atoms with E-state index in [1.807, 2.05) is 0 Å². The van der Waals surface area contributed by atoms with E-state index >= 15 is 0 Å². The molecule has 0 bridgehead atoms. The van der Waals surface area contributed by atoms with Crippen LogP contribution in [0.15, 0.2) is 0 Å². The molecule has 2 heteroatoms. The Morgan fingerprint density at radius 1 is 1.36 bits per heavy atom. The van der Waals surface area contributed by atoms with Gasteiger partial charge in [-0.05, 0) is 12.3 Å². The van der Waals surface area contributed by atoms with Gasteiger partial charge in [0.1, 0.15) is 0 Å². The summed E-state index contributed by atoms with van der Waals surface area (Å²) in [7, 11) is 0. The van der Waals surface area contributed by atoms with Crippen LogP contribution in [-0.2, 0) is 0 Å². The summed E-state index contributed by atoms with van der Waals surface area (Å²) >= 11 is 0. The van der Waals surface area contributed by atoms with Crippen molar-refractivity contribution in [1.29, 1.82) is 0 Å². The van der Waals surface area contributed by atoms with E-state index in [1.165, 1.54) is 12.8 Å². The normalized spacial score (nSPS) is 16.4. The molecular formula is C9H21NO. The molecule has 0 aliphatic heterocycles. The topological polar surface area (TPSA) is 46.2 Å². The second-order valence-electron chi connectivity index (χ2n) is 3.11. The zero-order chi connectivity index (χ0) is 8.69. The van der Waals surface area contributed by atoms with Crippen LogP contribution in [0.3, 0.4) is 0 Å². The van der Waals surface area contributed by atoms with Gasteiger partial charge in [0.15, 0.2) is 0 Å². The fourth-order valence-corrected chi connectivity index (χ4v) is 1.33. The van der Waals surface area contributed by atoms with Gasteiger partial charge in [0.25, 0.3) is 0 Å². The summed E-state index contributed by atoms with van der Waals surface area (Å²) in [5.74, 6) is 0.417. The predicted octanol–water partition coefficient (Wildman–Crippen LogP) is 1.52. The van der Waals surface area contributed by atoms with Gasteiger partial charge in [-0.3, -0.25) is 0 Å². The molecule has 11 heavy (non-hydrogen) atoms. The molecule has 0 aromatic rings. The van der Waals surface area contributed by atoms with Gasteiger partial charge in [-0.15, -0.1) is 0 Å². The molecule has 0 fully saturated rings. The van der Waals surface area contributed by atoms with Gasteiger partial charge < -0.3 is 10.8 Å². The number of rotatable bonds is 6. The van der Waals surface area contributed by atoms with Crippen LogP contribution in [0, 0.1) is 5.92 Å². The number of hydrogen-bond acceptors (Lipinski definition) is 2. The standard InChI is InChI=1S/C9H21NO/c1-3-5-6-8(4-2)9(11)7-10/h8-9,11H,3-7,10H2,1-2H3. The lowest BCUT2D eigenvalue weighted by Crippen LogP contribution is -2.28. The first kappa shape index (κ1) is 10.9. The van der Waals surface area contributed by atoms with Gasteiger partial charge in [0, 0.05) is 6.54 Å². The average molecular weight is 159 g/mol. The average Bonchev–Trinajstić information content (AvgIpc) is 2.05. The van der Waals surface area contributed by atoms with E-state index in [2.05, 4.69) is 13.8 Å². The fourth-order valence-electron chi connectivity index (χ4n) is 1.33. The van der Waals surface area contributed by atoms with Crippen LogP contribution in [0.4, 0.5) is 0 Å². The number of unbranched alkanes of at least 4 members (excludes halogenated alkanes) is 1. The third-order valence-corrected chi connectivity index (χ3v) is 2.24. The van der Waals surface area contributed by atoms with Crippen LogP contribution >= 0.6 is 0 Å². The summed E-state index contributed by atoms with van der Waals surface area (Å²) in [4.78, 5) is 0. The minimum absolute atomic E-state index is 0.286. The van der Waals surface area contributed by atoms with Crippen LogP contribution in [-0.4, -0.2) is 17.8 Å². The molecule has 0 saturated carbocycles. The van der Waals surface area contributed by atoms with Gasteiger partial charge in [-0.25, -0.2) is 0 Å². The van der Waals surface area contributed by atoms with Crippen LogP contribution in [0.2, 0.25) is 0 Å². The van der Waals surface area contributed by atoms with E-state index in [0.717, 1.165) is 12.8 Å². The van der Waals surface area contributed by atoms with Gasteiger partial charge >= 0.3 is 0 Å². The van der Waals surface area contributed by atoms with E-state index in [0.29, 0.717) is 12.5 Å². The molecule has 0 aromatic carbocycles. The Morgan fingerprint density at radius 2 is 2.00 bits per heavy atom. The molecule has 0 spiro atoms. The molecule has 0 saturated heterocycles. The summed E-state index contributed by atoms with van der Waals surface area (Å²) in [6, 6.07) is 0. The highest BCUT2D eigenvalue weighted by atomic mass is 16.3. The molecule has 0 aromatic heterocycles. The Kier molecular flexibility index (Phi) is 6.57. The third-order valence-electron chi connectivity index (χ3n) is 2.24. The summed E-state index contributed by atoms with van der Waals surface area (Å²) in [6.45, 7) is 4.68. The Hall–Kier alpha value is -0.0800. The largest absolute Gasteiger partial charge is 0.392 e. The van der Waals surface area contributed by atoms with E-state index in [1.54, 1.807) is 0 Å². The Labute approximate surface area is 69.8 Å². The van der Waals surface area contributed by atoms with E-state index < -0.39 is 0 Å². The molecular weight excluding hydrogens is 138 g/mol. The number of aliphatic hydroxyl groups excluding tert-OH is 1. The molecule has 2 atom stereocenters. The maximum Gasteiger partial charge on any atom is 0.0690 e. The lowest BCUT2D eigenvalue weighted by atomic mass is 9.93. The lowest BCUT2D eigenvalue weighted by molar-refractivity contribution is 0.106. The van der Waals surface area contributed by atoms with Crippen molar-refractivity contribution >= 4 is 0 Å². The Bertz CT molecular complexity index is 85.6. The zero-order valence-electron chi connectivity index (χ0n) is 7.71.